The Morgan fingerprint density at radius 3 is 2.09 bits per heavy atom. The molecule has 132 valence electrons. The fourth-order valence-corrected chi connectivity index (χ4v) is 1.77. The van der Waals surface area contributed by atoms with Crippen LogP contribution in [0.3, 0.4) is 0 Å². The summed E-state index contributed by atoms with van der Waals surface area (Å²) in [6.45, 7) is 5.05. The van der Waals surface area contributed by atoms with Crippen molar-refractivity contribution in [3.63, 3.8) is 0 Å². The quantitative estimate of drug-likeness (QED) is 0.469. The molecule has 0 bridgehead atoms. The van der Waals surface area contributed by atoms with Gasteiger partial charge in [-0.25, -0.2) is 0 Å². The van der Waals surface area contributed by atoms with Gasteiger partial charge in [0, 0.05) is 6.61 Å². The Kier molecular flexibility index (Phi) is 10.3. The molecular formula is C14H24N2O7. The molecule has 0 rings (SSSR count). The summed E-state index contributed by atoms with van der Waals surface area (Å²) >= 11 is 0. The van der Waals surface area contributed by atoms with Crippen molar-refractivity contribution in [2.75, 3.05) is 26.4 Å². The lowest BCUT2D eigenvalue weighted by Gasteiger charge is -2.23. The van der Waals surface area contributed by atoms with Gasteiger partial charge in [-0.3, -0.25) is 19.2 Å². The summed E-state index contributed by atoms with van der Waals surface area (Å²) in [6.07, 6.45) is -0.435. The van der Waals surface area contributed by atoms with E-state index >= 15 is 0 Å². The average molecular weight is 332 g/mol. The van der Waals surface area contributed by atoms with Crippen LogP contribution in [0.15, 0.2) is 0 Å². The lowest BCUT2D eigenvalue weighted by Crippen LogP contribution is -2.53. The van der Waals surface area contributed by atoms with Gasteiger partial charge in [0.1, 0.15) is 12.6 Å². The van der Waals surface area contributed by atoms with E-state index in [0.29, 0.717) is 6.61 Å². The summed E-state index contributed by atoms with van der Waals surface area (Å²) in [6, 6.07) is -1.40. The van der Waals surface area contributed by atoms with Crippen molar-refractivity contribution < 1.29 is 33.4 Å². The molecule has 2 atom stereocenters. The first-order valence-electron chi connectivity index (χ1n) is 7.35. The molecule has 0 saturated carbocycles. The lowest BCUT2D eigenvalue weighted by molar-refractivity contribution is -0.157. The van der Waals surface area contributed by atoms with Crippen LogP contribution in [0.1, 0.15) is 27.2 Å². The van der Waals surface area contributed by atoms with Gasteiger partial charge in [0.05, 0.1) is 25.6 Å². The molecule has 0 aliphatic heterocycles. The van der Waals surface area contributed by atoms with Crippen molar-refractivity contribution in [3.8, 4) is 0 Å². The van der Waals surface area contributed by atoms with Gasteiger partial charge in [0.2, 0.25) is 11.8 Å². The van der Waals surface area contributed by atoms with Crippen LogP contribution < -0.4 is 11.1 Å². The van der Waals surface area contributed by atoms with E-state index in [1.807, 2.05) is 0 Å². The number of nitrogens with one attached hydrogen (secondary N) is 1. The molecule has 0 heterocycles. The number of ether oxygens (including phenoxy) is 3. The third-order valence-electron chi connectivity index (χ3n) is 2.74. The molecule has 0 radical (unpaired) electrons. The number of hydrogen-bond donors (Lipinski definition) is 2. The Morgan fingerprint density at radius 2 is 1.61 bits per heavy atom. The molecule has 0 aliphatic carbocycles. The predicted octanol–water partition coefficient (Wildman–Crippen LogP) is -0.874. The van der Waals surface area contributed by atoms with Gasteiger partial charge in [-0.2, -0.15) is 0 Å². The number of carbonyl (C=O) groups excluding carboxylic acids is 4. The number of nitrogens with two attached hydrogens (primary N) is 1. The third-order valence-corrected chi connectivity index (χ3v) is 2.74. The van der Waals surface area contributed by atoms with Crippen molar-refractivity contribution in [1.82, 2.24) is 5.32 Å². The largest absolute Gasteiger partial charge is 0.466 e. The minimum absolute atomic E-state index is 0.0521. The van der Waals surface area contributed by atoms with Gasteiger partial charge < -0.3 is 25.3 Å². The van der Waals surface area contributed by atoms with Crippen molar-refractivity contribution in [1.29, 1.82) is 0 Å². The summed E-state index contributed by atoms with van der Waals surface area (Å²) in [5.41, 5.74) is 5.24. The van der Waals surface area contributed by atoms with Crippen LogP contribution in [0.25, 0.3) is 0 Å². The standard InChI is InChI=1S/C14H24N2O7/c1-4-21-8-10(17)16-12(13(15)19)9(14(20)23-6-3)7-11(18)22-5-2/h9,12H,4-8H2,1-3H3,(H2,15,19)(H,16,17)/t9-,12+/m0/s1. The summed E-state index contributed by atoms with van der Waals surface area (Å²) < 4.78 is 14.5. The predicted molar refractivity (Wildman–Crippen MR) is 79.0 cm³/mol. The van der Waals surface area contributed by atoms with Gasteiger partial charge in [0.25, 0.3) is 0 Å². The Hall–Kier alpha value is -2.16. The molecule has 0 unspecified atom stereocenters. The molecule has 0 aromatic rings. The first kappa shape index (κ1) is 20.8. The Bertz CT molecular complexity index is 425. The zero-order valence-corrected chi connectivity index (χ0v) is 13.6. The highest BCUT2D eigenvalue weighted by Gasteiger charge is 2.37. The van der Waals surface area contributed by atoms with Crippen molar-refractivity contribution >= 4 is 23.8 Å². The van der Waals surface area contributed by atoms with Gasteiger partial charge in [-0.1, -0.05) is 0 Å². The number of rotatable bonds is 11. The van der Waals surface area contributed by atoms with Crippen LogP contribution >= 0.6 is 0 Å². The van der Waals surface area contributed by atoms with Crippen molar-refractivity contribution in [3.05, 3.63) is 0 Å². The minimum atomic E-state index is -1.40. The van der Waals surface area contributed by atoms with Gasteiger partial charge in [0.15, 0.2) is 0 Å². The smallest absolute Gasteiger partial charge is 0.312 e. The molecule has 23 heavy (non-hydrogen) atoms. The monoisotopic (exact) mass is 332 g/mol. The summed E-state index contributed by atoms with van der Waals surface area (Å²) in [7, 11) is 0. The number of carbonyl (C=O) groups is 4. The summed E-state index contributed by atoms with van der Waals surface area (Å²) in [5.74, 6) is -4.37. The van der Waals surface area contributed by atoms with E-state index in [2.05, 4.69) is 5.32 Å². The molecule has 0 fully saturated rings. The zero-order valence-electron chi connectivity index (χ0n) is 13.6. The number of amides is 2. The molecule has 0 spiro atoms. The molecule has 2 amide bonds. The van der Waals surface area contributed by atoms with Gasteiger partial charge >= 0.3 is 11.9 Å². The summed E-state index contributed by atoms with van der Waals surface area (Å²) in [5, 5.41) is 2.29. The molecule has 0 aromatic heterocycles. The fraction of sp³-hybridized carbons (Fsp3) is 0.714. The van der Waals surface area contributed by atoms with Crippen LogP contribution in [-0.4, -0.2) is 56.2 Å². The first-order chi connectivity index (χ1) is 10.9. The van der Waals surface area contributed by atoms with Crippen molar-refractivity contribution in [2.45, 2.75) is 33.2 Å². The van der Waals surface area contributed by atoms with Crippen LogP contribution in [0, 0.1) is 5.92 Å². The average Bonchev–Trinajstić information content (AvgIpc) is 2.48. The molecule has 9 nitrogen and oxygen atoms in total. The number of hydrogen-bond acceptors (Lipinski definition) is 7. The Labute approximate surface area is 134 Å². The molecule has 3 N–H and O–H groups in total. The van der Waals surface area contributed by atoms with E-state index in [0.717, 1.165) is 0 Å². The number of esters is 2. The van der Waals surface area contributed by atoms with Gasteiger partial charge in [-0.15, -0.1) is 0 Å². The molecule has 0 aliphatic rings. The first-order valence-corrected chi connectivity index (χ1v) is 7.35. The SMILES string of the molecule is CCOCC(=O)N[C@@H](C(N)=O)[C@H](CC(=O)OCC)C(=O)OCC. The van der Waals surface area contributed by atoms with Gasteiger partial charge in [-0.05, 0) is 20.8 Å². The minimum Gasteiger partial charge on any atom is -0.466 e. The topological polar surface area (TPSA) is 134 Å². The number of primary amides is 1. The Morgan fingerprint density at radius 1 is 1.00 bits per heavy atom. The van der Waals surface area contributed by atoms with Crippen LogP contribution in [0.2, 0.25) is 0 Å². The second kappa shape index (κ2) is 11.4. The normalized spacial score (nSPS) is 12.8. The molecule has 9 heteroatoms. The second-order valence-electron chi connectivity index (χ2n) is 4.45. The van der Waals surface area contributed by atoms with Crippen LogP contribution in [-0.2, 0) is 33.4 Å². The summed E-state index contributed by atoms with van der Waals surface area (Å²) in [4.78, 5) is 46.9. The second-order valence-corrected chi connectivity index (χ2v) is 4.45. The molecular weight excluding hydrogens is 308 g/mol. The fourth-order valence-electron chi connectivity index (χ4n) is 1.77. The maximum atomic E-state index is 12.0. The van der Waals surface area contributed by atoms with E-state index in [-0.39, 0.29) is 19.8 Å². The van der Waals surface area contributed by atoms with Crippen LogP contribution in [0.4, 0.5) is 0 Å². The van der Waals surface area contributed by atoms with E-state index in [1.54, 1.807) is 20.8 Å². The lowest BCUT2D eigenvalue weighted by atomic mass is 9.95. The van der Waals surface area contributed by atoms with Crippen LogP contribution in [0.5, 0.6) is 0 Å². The highest BCUT2D eigenvalue weighted by Crippen LogP contribution is 2.13. The highest BCUT2D eigenvalue weighted by atomic mass is 16.5. The Balaban J connectivity index is 5.14. The van der Waals surface area contributed by atoms with Crippen molar-refractivity contribution in [2.24, 2.45) is 11.7 Å². The molecule has 0 saturated heterocycles. The maximum Gasteiger partial charge on any atom is 0.312 e. The zero-order chi connectivity index (χ0) is 17.8. The maximum absolute atomic E-state index is 12.0. The third kappa shape index (κ3) is 8.15. The van der Waals surface area contributed by atoms with E-state index in [9.17, 15) is 19.2 Å². The van der Waals surface area contributed by atoms with E-state index in [4.69, 9.17) is 19.9 Å². The molecule has 0 aromatic carbocycles. The van der Waals surface area contributed by atoms with E-state index < -0.39 is 42.1 Å². The van der Waals surface area contributed by atoms with E-state index in [1.165, 1.54) is 0 Å². The highest BCUT2D eigenvalue weighted by molar-refractivity contribution is 5.93.